The van der Waals surface area contributed by atoms with Gasteiger partial charge in [-0.05, 0) is 89.6 Å². The van der Waals surface area contributed by atoms with Crippen molar-refractivity contribution in [1.82, 2.24) is 0 Å². The maximum atomic E-state index is 11.9. The molecule has 3 nitrogen and oxygen atoms in total. The molecule has 0 bridgehead atoms. The van der Waals surface area contributed by atoms with Gasteiger partial charge >= 0.3 is 0 Å². The zero-order chi connectivity index (χ0) is 46.5. The summed E-state index contributed by atoms with van der Waals surface area (Å²) < 4.78 is 0. The van der Waals surface area contributed by atoms with Crippen LogP contribution < -0.4 is 0 Å². The molecule has 0 fully saturated rings. The van der Waals surface area contributed by atoms with Gasteiger partial charge in [0.25, 0.3) is 0 Å². The van der Waals surface area contributed by atoms with Gasteiger partial charge in [0.15, 0.2) is 0 Å². The first-order valence-corrected chi connectivity index (χ1v) is 26.3. The maximum absolute atomic E-state index is 11.9. The summed E-state index contributed by atoms with van der Waals surface area (Å²) in [5, 5.41) is 32.9. The average Bonchev–Trinajstić information content (AvgIpc) is 3.33. The van der Waals surface area contributed by atoms with Crippen molar-refractivity contribution in [3.63, 3.8) is 0 Å². The Labute approximate surface area is 397 Å². The summed E-state index contributed by atoms with van der Waals surface area (Å²) in [6.45, 7) is 11.2. The zero-order valence-electron chi connectivity index (χ0n) is 41.6. The molecule has 0 aromatic heterocycles. The van der Waals surface area contributed by atoms with Gasteiger partial charge in [0, 0.05) is 29.4 Å². The lowest BCUT2D eigenvalue weighted by Crippen LogP contribution is -2.04. The van der Waals surface area contributed by atoms with E-state index in [4.69, 9.17) is 5.11 Å². The summed E-state index contributed by atoms with van der Waals surface area (Å²) in [7, 11) is 0. The highest BCUT2D eigenvalue weighted by Gasteiger charge is 2.21. The Morgan fingerprint density at radius 1 is 0.354 bits per heavy atom. The first-order valence-electron chi connectivity index (χ1n) is 26.3. The molecule has 65 heavy (non-hydrogen) atoms. The summed E-state index contributed by atoms with van der Waals surface area (Å²) >= 11 is 0. The third kappa shape index (κ3) is 19.5. The van der Waals surface area contributed by atoms with E-state index in [-0.39, 0.29) is 11.8 Å². The molecule has 0 amide bonds. The molecule has 3 N–H and O–H groups in total. The Kier molecular flexibility index (Phi) is 25.7. The molecule has 0 saturated heterocycles. The second kappa shape index (κ2) is 31.4. The lowest BCUT2D eigenvalue weighted by atomic mass is 9.85. The highest BCUT2D eigenvalue weighted by molar-refractivity contribution is 5.54. The lowest BCUT2D eigenvalue weighted by Gasteiger charge is -2.21. The third-order valence-electron chi connectivity index (χ3n) is 13.6. The molecule has 5 rings (SSSR count). The molecule has 2 unspecified atom stereocenters. The minimum absolute atomic E-state index is 0.0693. The SMILES string of the molecule is CCCCCCCCCc1cc(Cc2cc(CCCCCCCCC)cc(C(C)c3ccccc3)c2O)c(O)c(C(C)c2ccccc2)c1.CCCCCCCCCc1ccc(O)cc1. The highest BCUT2D eigenvalue weighted by atomic mass is 16.3. The molecule has 3 heteroatoms. The molecule has 0 radical (unpaired) electrons. The molecule has 0 saturated carbocycles. The number of phenols is 3. The molecule has 5 aromatic rings. The molecule has 2 atom stereocenters. The van der Waals surface area contributed by atoms with E-state index in [1.165, 1.54) is 150 Å². The number of phenolic OH excluding ortho intramolecular Hbond substituents is 3. The lowest BCUT2D eigenvalue weighted by molar-refractivity contribution is 0.453. The van der Waals surface area contributed by atoms with Crippen LogP contribution in [0.5, 0.6) is 17.2 Å². The number of benzene rings is 5. The first kappa shape index (κ1) is 53.1. The minimum atomic E-state index is 0.0693. The molecule has 0 aliphatic carbocycles. The maximum Gasteiger partial charge on any atom is 0.122 e. The predicted octanol–water partition coefficient (Wildman–Crippen LogP) is 18.3. The number of unbranched alkanes of at least 4 members (excludes halogenated alkanes) is 18. The molecule has 0 aliphatic rings. The summed E-state index contributed by atoms with van der Waals surface area (Å²) in [6, 6.07) is 37.6. The molecule has 354 valence electrons. The Balaban J connectivity index is 0.000000486. The fourth-order valence-electron chi connectivity index (χ4n) is 9.36. The summed E-state index contributed by atoms with van der Waals surface area (Å²) in [4.78, 5) is 0. The predicted molar refractivity (Wildman–Crippen MR) is 280 cm³/mol. The Morgan fingerprint density at radius 2 is 0.677 bits per heavy atom. The highest BCUT2D eigenvalue weighted by Crippen LogP contribution is 2.40. The first-order chi connectivity index (χ1) is 31.7. The standard InChI is InChI=1S/C47H64O2.C15H24O/c1-5-7-9-11-13-15-19-25-38-31-42(46(48)44(33-38)36(3)40-27-21-17-22-28-40)35-43-32-39(26-20-16-14-12-10-8-6-2)34-45(47(43)49)37(4)41-29-23-18-24-30-41;1-2-3-4-5-6-7-8-9-14-10-12-15(16)13-11-14/h17-18,21-24,27-34,36-37,48-49H,5-16,19-20,25-26,35H2,1-4H3;10-13,16H,2-9H2,1H3. The fraction of sp³-hybridized carbons (Fsp3) is 0.516. The van der Waals surface area contributed by atoms with Crippen molar-refractivity contribution in [2.45, 2.75) is 207 Å². The van der Waals surface area contributed by atoms with Gasteiger partial charge in [-0.15, -0.1) is 0 Å². The van der Waals surface area contributed by atoms with Crippen molar-refractivity contribution in [2.75, 3.05) is 0 Å². The minimum Gasteiger partial charge on any atom is -0.508 e. The smallest absolute Gasteiger partial charge is 0.122 e. The number of hydrogen-bond donors (Lipinski definition) is 3. The van der Waals surface area contributed by atoms with Gasteiger partial charge in [-0.2, -0.15) is 0 Å². The van der Waals surface area contributed by atoms with Crippen LogP contribution in [0.2, 0.25) is 0 Å². The largest absolute Gasteiger partial charge is 0.508 e. The van der Waals surface area contributed by atoms with Gasteiger partial charge in [-0.25, -0.2) is 0 Å². The van der Waals surface area contributed by atoms with Crippen molar-refractivity contribution >= 4 is 0 Å². The van der Waals surface area contributed by atoms with Crippen molar-refractivity contribution < 1.29 is 15.3 Å². The van der Waals surface area contributed by atoms with Crippen LogP contribution in [0.3, 0.4) is 0 Å². The summed E-state index contributed by atoms with van der Waals surface area (Å²) in [5.74, 6) is 1.24. The van der Waals surface area contributed by atoms with Gasteiger partial charge in [0.05, 0.1) is 0 Å². The van der Waals surface area contributed by atoms with Gasteiger partial charge in [0.1, 0.15) is 17.2 Å². The normalized spacial score (nSPS) is 12.1. The third-order valence-corrected chi connectivity index (χ3v) is 13.6. The molecule has 0 aliphatic heterocycles. The van der Waals surface area contributed by atoms with Crippen LogP contribution in [0.1, 0.15) is 231 Å². The fourth-order valence-corrected chi connectivity index (χ4v) is 9.36. The van der Waals surface area contributed by atoms with Gasteiger partial charge in [-0.3, -0.25) is 0 Å². The Morgan fingerprint density at radius 3 is 1.03 bits per heavy atom. The van der Waals surface area contributed by atoms with Gasteiger partial charge in [-0.1, -0.05) is 247 Å². The second-order valence-electron chi connectivity index (χ2n) is 19.1. The van der Waals surface area contributed by atoms with Crippen LogP contribution in [-0.4, -0.2) is 15.3 Å². The Bertz CT molecular complexity index is 1870. The van der Waals surface area contributed by atoms with E-state index in [0.29, 0.717) is 23.7 Å². The summed E-state index contributed by atoms with van der Waals surface area (Å²) in [6.07, 6.45) is 31.1. The van der Waals surface area contributed by atoms with Crippen LogP contribution >= 0.6 is 0 Å². The summed E-state index contributed by atoms with van der Waals surface area (Å²) in [5.41, 5.74) is 10.1. The van der Waals surface area contributed by atoms with Crippen molar-refractivity contribution in [3.05, 3.63) is 159 Å². The number of hydrogen-bond acceptors (Lipinski definition) is 3. The molecular weight excluding hydrogens is 793 g/mol. The molecule has 0 heterocycles. The van der Waals surface area contributed by atoms with E-state index in [2.05, 4.69) is 120 Å². The van der Waals surface area contributed by atoms with Crippen molar-refractivity contribution in [3.8, 4) is 17.2 Å². The number of rotatable bonds is 30. The van der Waals surface area contributed by atoms with E-state index < -0.39 is 0 Å². The number of aryl methyl sites for hydroxylation is 3. The van der Waals surface area contributed by atoms with E-state index in [1.807, 2.05) is 12.1 Å². The molecule has 0 spiro atoms. The topological polar surface area (TPSA) is 60.7 Å². The molecule has 5 aromatic carbocycles. The van der Waals surface area contributed by atoms with Crippen molar-refractivity contribution in [1.29, 1.82) is 0 Å². The monoisotopic (exact) mass is 881 g/mol. The average molecular weight is 881 g/mol. The van der Waals surface area contributed by atoms with Gasteiger partial charge in [0.2, 0.25) is 0 Å². The van der Waals surface area contributed by atoms with E-state index in [9.17, 15) is 10.2 Å². The Hall–Kier alpha value is -4.50. The van der Waals surface area contributed by atoms with E-state index in [1.54, 1.807) is 12.1 Å². The van der Waals surface area contributed by atoms with Crippen LogP contribution in [0.25, 0.3) is 0 Å². The van der Waals surface area contributed by atoms with E-state index >= 15 is 0 Å². The van der Waals surface area contributed by atoms with Crippen molar-refractivity contribution in [2.24, 2.45) is 0 Å². The van der Waals surface area contributed by atoms with Crippen LogP contribution in [-0.2, 0) is 25.7 Å². The molecular formula is C62H88O3. The van der Waals surface area contributed by atoms with Gasteiger partial charge < -0.3 is 15.3 Å². The van der Waals surface area contributed by atoms with E-state index in [0.717, 1.165) is 54.4 Å². The quantitative estimate of drug-likeness (QED) is 0.0403. The van der Waals surface area contributed by atoms with Crippen LogP contribution in [0.15, 0.2) is 109 Å². The van der Waals surface area contributed by atoms with Crippen LogP contribution in [0.4, 0.5) is 0 Å². The second-order valence-corrected chi connectivity index (χ2v) is 19.1. The van der Waals surface area contributed by atoms with Crippen LogP contribution in [0, 0.1) is 0 Å². The zero-order valence-corrected chi connectivity index (χ0v) is 41.6. The number of aromatic hydroxyl groups is 3.